The lowest BCUT2D eigenvalue weighted by atomic mass is 10.1. The Morgan fingerprint density at radius 2 is 1.83 bits per heavy atom. The molecule has 1 aromatic heterocycles. The van der Waals surface area contributed by atoms with Crippen LogP contribution in [0.2, 0.25) is 0 Å². The largest absolute Gasteiger partial charge is 0.492 e. The normalized spacial score (nSPS) is 17.6. The summed E-state index contributed by atoms with van der Waals surface area (Å²) in [7, 11) is 0. The van der Waals surface area contributed by atoms with E-state index in [0.717, 1.165) is 44.3 Å². The molecule has 2 aliphatic rings. The van der Waals surface area contributed by atoms with E-state index < -0.39 is 0 Å². The van der Waals surface area contributed by atoms with Crippen molar-refractivity contribution in [1.82, 2.24) is 14.8 Å². The number of nitrogens with zero attached hydrogens (tertiary/aromatic N) is 2. The van der Waals surface area contributed by atoms with Crippen LogP contribution in [0.5, 0.6) is 5.75 Å². The molecule has 2 aliphatic heterocycles. The van der Waals surface area contributed by atoms with Crippen LogP contribution in [0.4, 0.5) is 0 Å². The number of aromatic nitrogens is 1. The molecule has 6 heteroatoms. The van der Waals surface area contributed by atoms with E-state index in [9.17, 15) is 9.59 Å². The number of carbonyl (C=O) groups is 1. The van der Waals surface area contributed by atoms with E-state index in [1.807, 2.05) is 0 Å². The summed E-state index contributed by atoms with van der Waals surface area (Å²) in [6.45, 7) is 9.35. The second kappa shape index (κ2) is 10.8. The Bertz CT molecular complexity index is 736. The number of pyridine rings is 1. The molecule has 162 valence electrons. The number of ether oxygens (including phenoxy) is 1. The molecule has 6 nitrogen and oxygen atoms in total. The summed E-state index contributed by atoms with van der Waals surface area (Å²) < 4.78 is 7.72. The van der Waals surface area contributed by atoms with Crippen LogP contribution >= 0.6 is 0 Å². The number of hydrogen-bond donors (Lipinski definition) is 1. The molecule has 1 N–H and O–H groups in total. The Hall–Kier alpha value is -1.82. The summed E-state index contributed by atoms with van der Waals surface area (Å²) in [5, 5.41) is 3.10. The zero-order valence-corrected chi connectivity index (χ0v) is 18.2. The van der Waals surface area contributed by atoms with Gasteiger partial charge in [-0.3, -0.25) is 9.59 Å². The van der Waals surface area contributed by atoms with Crippen LogP contribution in [0.25, 0.3) is 0 Å². The third kappa shape index (κ3) is 6.08. The Balaban J connectivity index is 1.71. The van der Waals surface area contributed by atoms with Gasteiger partial charge >= 0.3 is 0 Å². The SMILES string of the molecule is CC(C)COc1cc(=O)n2c(c1C(=O)NCCCN1CCCCC1)CCCCC2. The number of hydrogen-bond acceptors (Lipinski definition) is 4. The maximum Gasteiger partial charge on any atom is 0.256 e. The van der Waals surface area contributed by atoms with E-state index in [1.165, 1.54) is 38.4 Å². The fourth-order valence-corrected chi connectivity index (χ4v) is 4.31. The van der Waals surface area contributed by atoms with Crippen LogP contribution in [0.1, 0.15) is 74.8 Å². The van der Waals surface area contributed by atoms with Crippen LogP contribution in [-0.2, 0) is 13.0 Å². The lowest BCUT2D eigenvalue weighted by Crippen LogP contribution is -2.34. The minimum absolute atomic E-state index is 0.0534. The topological polar surface area (TPSA) is 63.6 Å². The van der Waals surface area contributed by atoms with Crippen molar-refractivity contribution in [3.05, 3.63) is 27.7 Å². The first-order valence-electron chi connectivity index (χ1n) is 11.5. The number of piperidine rings is 1. The van der Waals surface area contributed by atoms with Gasteiger partial charge < -0.3 is 19.5 Å². The smallest absolute Gasteiger partial charge is 0.256 e. The highest BCUT2D eigenvalue weighted by molar-refractivity contribution is 5.98. The van der Waals surface area contributed by atoms with Gasteiger partial charge in [0.2, 0.25) is 0 Å². The quantitative estimate of drug-likeness (QED) is 0.677. The number of fused-ring (bicyclic) bond motifs is 1. The van der Waals surface area contributed by atoms with E-state index in [1.54, 1.807) is 4.57 Å². The lowest BCUT2D eigenvalue weighted by molar-refractivity contribution is 0.0944. The number of amides is 1. The molecule has 1 amide bonds. The fourth-order valence-electron chi connectivity index (χ4n) is 4.31. The highest BCUT2D eigenvalue weighted by Gasteiger charge is 2.24. The maximum atomic E-state index is 13.1. The average molecular weight is 404 g/mol. The van der Waals surface area contributed by atoms with Crippen molar-refractivity contribution < 1.29 is 9.53 Å². The number of carbonyl (C=O) groups excluding carboxylic acids is 1. The molecule has 1 aromatic rings. The molecule has 3 rings (SSSR count). The van der Waals surface area contributed by atoms with Gasteiger partial charge in [0.25, 0.3) is 11.5 Å². The predicted octanol–water partition coefficient (Wildman–Crippen LogP) is 3.22. The molecule has 0 unspecified atom stereocenters. The van der Waals surface area contributed by atoms with E-state index in [-0.39, 0.29) is 11.5 Å². The monoisotopic (exact) mass is 403 g/mol. The van der Waals surface area contributed by atoms with Gasteiger partial charge in [0.1, 0.15) is 11.3 Å². The van der Waals surface area contributed by atoms with Crippen molar-refractivity contribution in [3.63, 3.8) is 0 Å². The molecular formula is C23H37N3O3. The average Bonchev–Trinajstić information content (AvgIpc) is 2.97. The highest BCUT2D eigenvalue weighted by atomic mass is 16.5. The minimum Gasteiger partial charge on any atom is -0.492 e. The Labute approximate surface area is 174 Å². The van der Waals surface area contributed by atoms with Crippen LogP contribution in [0, 0.1) is 5.92 Å². The molecule has 0 spiro atoms. The van der Waals surface area contributed by atoms with Crippen molar-refractivity contribution in [1.29, 1.82) is 0 Å². The maximum absolute atomic E-state index is 13.1. The van der Waals surface area contributed by atoms with Crippen LogP contribution < -0.4 is 15.6 Å². The van der Waals surface area contributed by atoms with Crippen molar-refractivity contribution in [2.24, 2.45) is 5.92 Å². The summed E-state index contributed by atoms with van der Waals surface area (Å²) >= 11 is 0. The first kappa shape index (κ1) is 21.9. The number of nitrogens with one attached hydrogen (secondary N) is 1. The van der Waals surface area contributed by atoms with Gasteiger partial charge in [-0.2, -0.15) is 0 Å². The summed E-state index contributed by atoms with van der Waals surface area (Å²) in [5.74, 6) is 0.676. The number of likely N-dealkylation sites (tertiary alicyclic amines) is 1. The van der Waals surface area contributed by atoms with Crippen molar-refractivity contribution in [2.75, 3.05) is 32.8 Å². The summed E-state index contributed by atoms with van der Waals surface area (Å²) in [6, 6.07) is 1.51. The molecule has 0 aromatic carbocycles. The first-order chi connectivity index (χ1) is 14.1. The Morgan fingerprint density at radius 3 is 2.59 bits per heavy atom. The second-order valence-corrected chi connectivity index (χ2v) is 8.85. The fraction of sp³-hybridized carbons (Fsp3) is 0.739. The van der Waals surface area contributed by atoms with Gasteiger partial charge in [-0.25, -0.2) is 0 Å². The van der Waals surface area contributed by atoms with Gasteiger partial charge in [-0.15, -0.1) is 0 Å². The van der Waals surface area contributed by atoms with E-state index in [2.05, 4.69) is 24.1 Å². The molecular weight excluding hydrogens is 366 g/mol. The minimum atomic E-state index is -0.104. The predicted molar refractivity (Wildman–Crippen MR) is 116 cm³/mol. The first-order valence-corrected chi connectivity index (χ1v) is 11.5. The van der Waals surface area contributed by atoms with Crippen LogP contribution in [-0.4, -0.2) is 48.2 Å². The molecule has 0 bridgehead atoms. The van der Waals surface area contributed by atoms with Crippen LogP contribution in [0.3, 0.4) is 0 Å². The zero-order valence-electron chi connectivity index (χ0n) is 18.2. The Kier molecular flexibility index (Phi) is 8.16. The molecule has 3 heterocycles. The molecule has 0 saturated carbocycles. The van der Waals surface area contributed by atoms with E-state index >= 15 is 0 Å². The Morgan fingerprint density at radius 1 is 1.10 bits per heavy atom. The highest BCUT2D eigenvalue weighted by Crippen LogP contribution is 2.25. The van der Waals surface area contributed by atoms with E-state index in [4.69, 9.17) is 4.74 Å². The van der Waals surface area contributed by atoms with Gasteiger partial charge in [0.15, 0.2) is 0 Å². The summed E-state index contributed by atoms with van der Waals surface area (Å²) in [6.07, 6.45) is 8.68. The standard InChI is InChI=1S/C23H37N3O3/c1-18(2)17-29-20-16-21(27)26-15-8-3-5-10-19(26)22(20)23(28)24-11-9-14-25-12-6-4-7-13-25/h16,18H,3-15,17H2,1-2H3,(H,24,28). The molecule has 0 atom stereocenters. The van der Waals surface area contributed by atoms with Gasteiger partial charge in [-0.1, -0.05) is 26.7 Å². The molecule has 1 fully saturated rings. The third-order valence-electron chi connectivity index (χ3n) is 5.86. The molecule has 0 aliphatic carbocycles. The van der Waals surface area contributed by atoms with Crippen LogP contribution in [0.15, 0.2) is 10.9 Å². The number of rotatable bonds is 8. The third-order valence-corrected chi connectivity index (χ3v) is 5.86. The van der Waals surface area contributed by atoms with Gasteiger partial charge in [0, 0.05) is 24.8 Å². The van der Waals surface area contributed by atoms with E-state index in [0.29, 0.717) is 36.9 Å². The molecule has 1 saturated heterocycles. The lowest BCUT2D eigenvalue weighted by Gasteiger charge is -2.26. The summed E-state index contributed by atoms with van der Waals surface area (Å²) in [4.78, 5) is 28.3. The van der Waals surface area contributed by atoms with Gasteiger partial charge in [0.05, 0.1) is 6.61 Å². The molecule has 29 heavy (non-hydrogen) atoms. The van der Waals surface area contributed by atoms with Crippen molar-refractivity contribution in [3.8, 4) is 5.75 Å². The van der Waals surface area contributed by atoms with Gasteiger partial charge in [-0.05, 0) is 64.1 Å². The summed E-state index contributed by atoms with van der Waals surface area (Å²) in [5.41, 5.74) is 1.37. The van der Waals surface area contributed by atoms with Crippen molar-refractivity contribution in [2.45, 2.75) is 71.8 Å². The zero-order chi connectivity index (χ0) is 20.6. The van der Waals surface area contributed by atoms with Crippen molar-refractivity contribution >= 4 is 5.91 Å². The molecule has 0 radical (unpaired) electrons. The second-order valence-electron chi connectivity index (χ2n) is 8.85.